The maximum Gasteiger partial charge on any atom is 0.416 e. The molecule has 0 bridgehead atoms. The van der Waals surface area contributed by atoms with Crippen LogP contribution < -0.4 is 16.0 Å². The topological polar surface area (TPSA) is 97.2 Å². The zero-order valence-electron chi connectivity index (χ0n) is 17.4. The molecule has 0 amide bonds. The van der Waals surface area contributed by atoms with Gasteiger partial charge in [0.1, 0.15) is 10.4 Å². The number of hydrogen-bond acceptors (Lipinski definition) is 6. The number of aliphatic hydroxyl groups is 1. The summed E-state index contributed by atoms with van der Waals surface area (Å²) >= 11 is 7.13. The number of halogens is 7. The van der Waals surface area contributed by atoms with Crippen LogP contribution in [0.4, 0.5) is 26.3 Å². The normalized spacial score (nSPS) is 13.2. The first-order chi connectivity index (χ1) is 16.8. The lowest BCUT2D eigenvalue weighted by Gasteiger charge is -2.16. The molecule has 0 saturated heterocycles. The number of nitrogens with one attached hydrogen (secondary N) is 1. The van der Waals surface area contributed by atoms with E-state index in [1.807, 2.05) is 4.98 Å². The fourth-order valence-corrected chi connectivity index (χ4v) is 4.72. The Morgan fingerprint density at radius 3 is 2.31 bits per heavy atom. The number of aliphatic hydroxyl groups excluding tert-OH is 1. The molecule has 0 spiro atoms. The molecule has 4 aromatic rings. The summed E-state index contributed by atoms with van der Waals surface area (Å²) in [5.74, 6) is 0.0979. The number of benzene rings is 1. The summed E-state index contributed by atoms with van der Waals surface area (Å²) in [4.78, 5) is 30.6. The van der Waals surface area contributed by atoms with Crippen molar-refractivity contribution < 1.29 is 36.2 Å². The van der Waals surface area contributed by atoms with Crippen LogP contribution in [-0.4, -0.2) is 31.9 Å². The van der Waals surface area contributed by atoms with E-state index in [2.05, 4.69) is 4.98 Å². The van der Waals surface area contributed by atoms with Gasteiger partial charge >= 0.3 is 18.0 Å². The number of pyridine rings is 1. The molecule has 0 fully saturated rings. The zero-order chi connectivity index (χ0) is 26.4. The minimum absolute atomic E-state index is 0.0128. The third-order valence-corrected chi connectivity index (χ3v) is 6.61. The molecule has 0 radical (unpaired) electrons. The van der Waals surface area contributed by atoms with E-state index in [0.29, 0.717) is 10.1 Å². The molecule has 4 rings (SSSR count). The Hall–Kier alpha value is -3.36. The third kappa shape index (κ3) is 5.10. The van der Waals surface area contributed by atoms with Crippen molar-refractivity contribution in [2.45, 2.75) is 25.0 Å². The summed E-state index contributed by atoms with van der Waals surface area (Å²) < 4.78 is 82.4. The average molecular weight is 552 g/mol. The summed E-state index contributed by atoms with van der Waals surface area (Å²) in [6.45, 7) is -1.19. The molecule has 3 heterocycles. The number of thiophene rings is 1. The van der Waals surface area contributed by atoms with E-state index in [-0.39, 0.29) is 31.7 Å². The van der Waals surface area contributed by atoms with Gasteiger partial charge in [-0.3, -0.25) is 14.3 Å². The molecule has 1 unspecified atom stereocenters. The Balaban J connectivity index is 1.66. The highest BCUT2D eigenvalue weighted by Gasteiger charge is 2.39. The van der Waals surface area contributed by atoms with Gasteiger partial charge in [0.05, 0.1) is 27.5 Å². The predicted octanol–water partition coefficient (Wildman–Crippen LogP) is 5.20. The van der Waals surface area contributed by atoms with Crippen molar-refractivity contribution in [1.29, 1.82) is 0 Å². The molecular formula is C21H12ClF6N3O4S. The van der Waals surface area contributed by atoms with Crippen molar-refractivity contribution in [3.05, 3.63) is 74.0 Å². The summed E-state index contributed by atoms with van der Waals surface area (Å²) in [7, 11) is 0. The Kier molecular flexibility index (Phi) is 6.62. The van der Waals surface area contributed by atoms with Crippen LogP contribution >= 0.6 is 22.9 Å². The highest BCUT2D eigenvalue weighted by molar-refractivity contribution is 7.23. The van der Waals surface area contributed by atoms with Crippen LogP contribution in [0.5, 0.6) is 11.6 Å². The number of rotatable bonds is 5. The Morgan fingerprint density at radius 1 is 1.08 bits per heavy atom. The SMILES string of the molecule is O=c1[nH]c(=O)n(CC(O)C(F)(F)F)c2c(Cl)c(-c3ccc(Oc4ccc(C(F)(F)F)cc4)nc3)sc12. The molecule has 36 heavy (non-hydrogen) atoms. The lowest BCUT2D eigenvalue weighted by atomic mass is 10.2. The van der Waals surface area contributed by atoms with Crippen LogP contribution in [0.3, 0.4) is 0 Å². The van der Waals surface area contributed by atoms with E-state index in [4.69, 9.17) is 16.3 Å². The van der Waals surface area contributed by atoms with Crippen molar-refractivity contribution >= 4 is 33.2 Å². The van der Waals surface area contributed by atoms with Crippen LogP contribution in [0.25, 0.3) is 20.7 Å². The van der Waals surface area contributed by atoms with Gasteiger partial charge in [-0.2, -0.15) is 26.3 Å². The highest BCUT2D eigenvalue weighted by Crippen LogP contribution is 2.41. The molecule has 1 aromatic carbocycles. The second kappa shape index (κ2) is 9.26. The lowest BCUT2D eigenvalue weighted by Crippen LogP contribution is -2.39. The first-order valence-corrected chi connectivity index (χ1v) is 11.0. The van der Waals surface area contributed by atoms with E-state index < -0.39 is 41.8 Å². The Bertz CT molecular complexity index is 1530. The van der Waals surface area contributed by atoms with Crippen LogP contribution in [0.2, 0.25) is 5.02 Å². The van der Waals surface area contributed by atoms with E-state index in [9.17, 15) is 41.0 Å². The van der Waals surface area contributed by atoms with Gasteiger partial charge in [0.25, 0.3) is 5.56 Å². The van der Waals surface area contributed by atoms with Gasteiger partial charge in [-0.25, -0.2) is 9.78 Å². The molecule has 0 saturated carbocycles. The predicted molar refractivity (Wildman–Crippen MR) is 119 cm³/mol. The van der Waals surface area contributed by atoms with Crippen LogP contribution in [0.15, 0.2) is 52.2 Å². The van der Waals surface area contributed by atoms with E-state index in [1.165, 1.54) is 18.3 Å². The molecule has 190 valence electrons. The average Bonchev–Trinajstić information content (AvgIpc) is 3.14. The van der Waals surface area contributed by atoms with Crippen molar-refractivity contribution in [2.75, 3.05) is 0 Å². The Labute approximate surface area is 205 Å². The zero-order valence-corrected chi connectivity index (χ0v) is 19.0. The summed E-state index contributed by atoms with van der Waals surface area (Å²) in [6, 6.07) is 6.72. The molecule has 0 aliphatic heterocycles. The Morgan fingerprint density at radius 2 is 1.75 bits per heavy atom. The van der Waals surface area contributed by atoms with Gasteiger partial charge in [-0.15, -0.1) is 11.3 Å². The molecule has 2 N–H and O–H groups in total. The summed E-state index contributed by atoms with van der Waals surface area (Å²) in [5, 5.41) is 9.21. The molecule has 3 aromatic heterocycles. The number of alkyl halides is 6. The number of aromatic nitrogens is 3. The molecule has 1 atom stereocenters. The minimum atomic E-state index is -5.01. The molecule has 15 heteroatoms. The molecular weight excluding hydrogens is 540 g/mol. The van der Waals surface area contributed by atoms with Gasteiger partial charge in [-0.1, -0.05) is 11.6 Å². The monoisotopic (exact) mass is 551 g/mol. The smallest absolute Gasteiger partial charge is 0.416 e. The number of hydrogen-bond donors (Lipinski definition) is 2. The summed E-state index contributed by atoms with van der Waals surface area (Å²) in [6.07, 6.45) is -11.1. The van der Waals surface area contributed by atoms with Gasteiger partial charge in [-0.05, 0) is 30.3 Å². The largest absolute Gasteiger partial charge is 0.439 e. The van der Waals surface area contributed by atoms with E-state index >= 15 is 0 Å². The third-order valence-electron chi connectivity index (χ3n) is 4.90. The molecule has 0 aliphatic carbocycles. The van der Waals surface area contributed by atoms with Gasteiger partial charge in [0, 0.05) is 17.8 Å². The van der Waals surface area contributed by atoms with Gasteiger partial charge in [0.15, 0.2) is 6.10 Å². The number of ether oxygens (including phenoxy) is 1. The number of H-pyrrole nitrogens is 1. The standard InChI is InChI=1S/C21H12ClF6N3O4S/c22-14-15-17(18(33)30-19(34)31(15)8-12(32)21(26,27)28)36-16(14)9-1-6-13(29-7-9)35-11-4-2-10(3-5-11)20(23,24)25/h1-7,12,32H,8H2,(H,30,33,34). The second-order valence-electron chi connectivity index (χ2n) is 7.36. The van der Waals surface area contributed by atoms with Crippen molar-refractivity contribution in [1.82, 2.24) is 14.5 Å². The first-order valence-electron chi connectivity index (χ1n) is 9.77. The highest BCUT2D eigenvalue weighted by atomic mass is 35.5. The number of fused-ring (bicyclic) bond motifs is 1. The maximum atomic E-state index is 12.8. The van der Waals surface area contributed by atoms with Crippen LogP contribution in [0, 0.1) is 0 Å². The van der Waals surface area contributed by atoms with Crippen molar-refractivity contribution in [2.24, 2.45) is 0 Å². The van der Waals surface area contributed by atoms with E-state index in [1.54, 1.807) is 0 Å². The van der Waals surface area contributed by atoms with Crippen LogP contribution in [0.1, 0.15) is 5.56 Å². The minimum Gasteiger partial charge on any atom is -0.439 e. The maximum absolute atomic E-state index is 12.8. The molecule has 7 nitrogen and oxygen atoms in total. The summed E-state index contributed by atoms with van der Waals surface area (Å²) in [5.41, 5.74) is -2.87. The number of aromatic amines is 1. The first kappa shape index (κ1) is 25.7. The van der Waals surface area contributed by atoms with Crippen LogP contribution in [-0.2, 0) is 12.7 Å². The number of nitrogens with zero attached hydrogens (tertiary/aromatic N) is 2. The quantitative estimate of drug-likeness (QED) is 0.332. The lowest BCUT2D eigenvalue weighted by molar-refractivity contribution is -0.207. The fourth-order valence-electron chi connectivity index (χ4n) is 3.16. The molecule has 0 aliphatic rings. The van der Waals surface area contributed by atoms with Gasteiger partial charge < -0.3 is 9.84 Å². The second-order valence-corrected chi connectivity index (χ2v) is 8.76. The van der Waals surface area contributed by atoms with Crippen molar-refractivity contribution in [3.63, 3.8) is 0 Å². The van der Waals surface area contributed by atoms with Crippen molar-refractivity contribution in [3.8, 4) is 22.1 Å². The van der Waals surface area contributed by atoms with E-state index in [0.717, 1.165) is 35.6 Å². The fraction of sp³-hybridized carbons (Fsp3) is 0.190. The van der Waals surface area contributed by atoms with Gasteiger partial charge in [0.2, 0.25) is 5.88 Å².